The minimum atomic E-state index is -3.96. The average molecular weight is 328 g/mol. The lowest BCUT2D eigenvalue weighted by Gasteiger charge is -2.24. The van der Waals surface area contributed by atoms with Gasteiger partial charge in [0, 0.05) is 18.7 Å². The molecule has 0 unspecified atom stereocenters. The molecule has 0 aliphatic heterocycles. The van der Waals surface area contributed by atoms with Crippen LogP contribution in [0.2, 0.25) is 0 Å². The smallest absolute Gasteiger partial charge is 0.293 e. The fourth-order valence-electron chi connectivity index (χ4n) is 2.46. The van der Waals surface area contributed by atoms with E-state index in [4.69, 9.17) is 5.14 Å². The summed E-state index contributed by atoms with van der Waals surface area (Å²) in [4.78, 5) is 12.4. The molecule has 1 aromatic carbocycles. The van der Waals surface area contributed by atoms with Crippen LogP contribution in [-0.2, 0) is 10.0 Å². The molecule has 0 radical (unpaired) electrons. The SMILES string of the molecule is CN(C)[C@@H](CNc1ccc(S(N)(=O)=O)cc1[N+](=O)[O-])C1CC1. The van der Waals surface area contributed by atoms with Crippen LogP contribution in [0.3, 0.4) is 0 Å². The third-order valence-electron chi connectivity index (χ3n) is 3.83. The first kappa shape index (κ1) is 16.7. The first-order valence-corrected chi connectivity index (χ1v) is 8.46. The van der Waals surface area contributed by atoms with Gasteiger partial charge in [0.05, 0.1) is 9.82 Å². The highest BCUT2D eigenvalue weighted by atomic mass is 32.2. The standard InChI is InChI=1S/C13H20N4O4S/c1-16(2)13(9-3-4-9)8-15-11-6-5-10(22(14,20)21)7-12(11)17(18)19/h5-7,9,13,15H,3-4,8H2,1-2H3,(H2,14,20,21)/t13-/m0/s1. The number of likely N-dealkylation sites (N-methyl/N-ethyl adjacent to an activating group) is 1. The summed E-state index contributed by atoms with van der Waals surface area (Å²) in [5.41, 5.74) is 0.00438. The minimum absolute atomic E-state index is 0.267. The van der Waals surface area contributed by atoms with E-state index < -0.39 is 14.9 Å². The van der Waals surface area contributed by atoms with Gasteiger partial charge in [-0.15, -0.1) is 0 Å². The number of nitro groups is 1. The van der Waals surface area contributed by atoms with Crippen molar-refractivity contribution in [3.05, 3.63) is 28.3 Å². The van der Waals surface area contributed by atoms with Gasteiger partial charge in [-0.05, 0) is 45.0 Å². The summed E-state index contributed by atoms with van der Waals surface area (Å²) in [6.45, 7) is 0.563. The van der Waals surface area contributed by atoms with Gasteiger partial charge in [0.15, 0.2) is 0 Å². The van der Waals surface area contributed by atoms with Crippen molar-refractivity contribution in [1.82, 2.24) is 4.90 Å². The molecule has 1 atom stereocenters. The van der Waals surface area contributed by atoms with Crippen molar-refractivity contribution in [3.63, 3.8) is 0 Å². The molecule has 1 aromatic rings. The Morgan fingerprint density at radius 2 is 2.09 bits per heavy atom. The van der Waals surface area contributed by atoms with Crippen LogP contribution in [0.15, 0.2) is 23.1 Å². The van der Waals surface area contributed by atoms with Crippen LogP contribution in [0.1, 0.15) is 12.8 Å². The number of primary sulfonamides is 1. The zero-order valence-corrected chi connectivity index (χ0v) is 13.3. The van der Waals surface area contributed by atoms with Crippen molar-refractivity contribution in [2.24, 2.45) is 11.1 Å². The number of hydrogen-bond donors (Lipinski definition) is 2. The summed E-state index contributed by atoms with van der Waals surface area (Å²) in [6.07, 6.45) is 2.33. The fourth-order valence-corrected chi connectivity index (χ4v) is 2.99. The van der Waals surface area contributed by atoms with Crippen molar-refractivity contribution in [2.45, 2.75) is 23.8 Å². The number of nitrogens with zero attached hydrogens (tertiary/aromatic N) is 2. The van der Waals surface area contributed by atoms with Gasteiger partial charge >= 0.3 is 0 Å². The largest absolute Gasteiger partial charge is 0.378 e. The fraction of sp³-hybridized carbons (Fsp3) is 0.538. The van der Waals surface area contributed by atoms with Gasteiger partial charge < -0.3 is 10.2 Å². The van der Waals surface area contributed by atoms with E-state index in [-0.39, 0.29) is 16.6 Å². The molecule has 0 aromatic heterocycles. The highest BCUT2D eigenvalue weighted by Crippen LogP contribution is 2.35. The molecule has 1 fully saturated rings. The second-order valence-electron chi connectivity index (χ2n) is 5.73. The van der Waals surface area contributed by atoms with E-state index in [1.54, 1.807) is 0 Å². The summed E-state index contributed by atoms with van der Waals surface area (Å²) in [6, 6.07) is 3.93. The summed E-state index contributed by atoms with van der Waals surface area (Å²) in [5.74, 6) is 0.602. The van der Waals surface area contributed by atoms with Crippen LogP contribution >= 0.6 is 0 Å². The van der Waals surface area contributed by atoms with E-state index in [9.17, 15) is 18.5 Å². The Hall–Kier alpha value is -1.71. The lowest BCUT2D eigenvalue weighted by molar-refractivity contribution is -0.384. The van der Waals surface area contributed by atoms with Crippen molar-refractivity contribution >= 4 is 21.4 Å². The van der Waals surface area contributed by atoms with Gasteiger partial charge in [0.1, 0.15) is 5.69 Å². The maximum absolute atomic E-state index is 11.3. The number of nitro benzene ring substituents is 1. The van der Waals surface area contributed by atoms with Crippen LogP contribution in [0, 0.1) is 16.0 Å². The quantitative estimate of drug-likeness (QED) is 0.569. The van der Waals surface area contributed by atoms with Crippen molar-refractivity contribution < 1.29 is 13.3 Å². The number of anilines is 1. The average Bonchev–Trinajstić information content (AvgIpc) is 3.21. The molecule has 1 saturated carbocycles. The van der Waals surface area contributed by atoms with Crippen LogP contribution in [-0.4, -0.2) is 44.9 Å². The van der Waals surface area contributed by atoms with E-state index >= 15 is 0 Å². The van der Waals surface area contributed by atoms with Crippen LogP contribution < -0.4 is 10.5 Å². The molecule has 2 rings (SSSR count). The lowest BCUT2D eigenvalue weighted by atomic mass is 10.1. The Morgan fingerprint density at radius 1 is 1.45 bits per heavy atom. The van der Waals surface area contributed by atoms with E-state index in [1.807, 2.05) is 14.1 Å². The monoisotopic (exact) mass is 328 g/mol. The number of benzene rings is 1. The number of nitrogens with one attached hydrogen (secondary N) is 1. The summed E-state index contributed by atoms with van der Waals surface area (Å²) in [7, 11) is -0.0135. The van der Waals surface area contributed by atoms with Gasteiger partial charge in [0.25, 0.3) is 5.69 Å². The molecule has 0 amide bonds. The Kier molecular flexibility index (Phi) is 4.69. The predicted octanol–water partition coefficient (Wildman–Crippen LogP) is 0.994. The lowest BCUT2D eigenvalue weighted by Crippen LogP contribution is -2.36. The van der Waals surface area contributed by atoms with E-state index in [2.05, 4.69) is 10.2 Å². The van der Waals surface area contributed by atoms with Crippen molar-refractivity contribution in [1.29, 1.82) is 0 Å². The third-order valence-corrected chi connectivity index (χ3v) is 4.74. The molecule has 1 aliphatic rings. The van der Waals surface area contributed by atoms with E-state index in [0.29, 0.717) is 18.2 Å². The van der Waals surface area contributed by atoms with Gasteiger partial charge in [-0.3, -0.25) is 10.1 Å². The molecule has 0 saturated heterocycles. The molecule has 8 nitrogen and oxygen atoms in total. The summed E-state index contributed by atoms with van der Waals surface area (Å²) < 4.78 is 22.6. The topological polar surface area (TPSA) is 119 Å². The zero-order chi connectivity index (χ0) is 16.5. The first-order chi connectivity index (χ1) is 10.2. The number of nitrogens with two attached hydrogens (primary N) is 1. The number of hydrogen-bond acceptors (Lipinski definition) is 6. The molecule has 22 heavy (non-hydrogen) atoms. The summed E-state index contributed by atoms with van der Waals surface area (Å²) in [5, 5.41) is 19.2. The maximum atomic E-state index is 11.3. The molecule has 9 heteroatoms. The van der Waals surface area contributed by atoms with Crippen LogP contribution in [0.5, 0.6) is 0 Å². The third kappa shape index (κ3) is 3.93. The summed E-state index contributed by atoms with van der Waals surface area (Å²) >= 11 is 0. The zero-order valence-electron chi connectivity index (χ0n) is 12.5. The van der Waals surface area contributed by atoms with Crippen molar-refractivity contribution in [3.8, 4) is 0 Å². The van der Waals surface area contributed by atoms with Crippen LogP contribution in [0.25, 0.3) is 0 Å². The molecule has 0 heterocycles. The maximum Gasteiger partial charge on any atom is 0.293 e. The van der Waals surface area contributed by atoms with E-state index in [1.165, 1.54) is 12.1 Å². The van der Waals surface area contributed by atoms with Crippen LogP contribution in [0.4, 0.5) is 11.4 Å². The van der Waals surface area contributed by atoms with Gasteiger partial charge in [-0.25, -0.2) is 13.6 Å². The second-order valence-corrected chi connectivity index (χ2v) is 7.29. The normalized spacial score (nSPS) is 16.5. The molecule has 0 bridgehead atoms. The Bertz CT molecular complexity index is 669. The first-order valence-electron chi connectivity index (χ1n) is 6.91. The highest BCUT2D eigenvalue weighted by molar-refractivity contribution is 7.89. The Labute approximate surface area is 129 Å². The molecule has 1 aliphatic carbocycles. The molecular formula is C13H20N4O4S. The number of sulfonamides is 1. The number of rotatable bonds is 7. The molecule has 3 N–H and O–H groups in total. The molecule has 0 spiro atoms. The Balaban J connectivity index is 2.21. The second kappa shape index (κ2) is 6.19. The predicted molar refractivity (Wildman–Crippen MR) is 83.2 cm³/mol. The van der Waals surface area contributed by atoms with Gasteiger partial charge in [-0.1, -0.05) is 0 Å². The molecular weight excluding hydrogens is 308 g/mol. The molecule has 122 valence electrons. The van der Waals surface area contributed by atoms with E-state index in [0.717, 1.165) is 18.9 Å². The van der Waals surface area contributed by atoms with Crippen molar-refractivity contribution in [2.75, 3.05) is 26.0 Å². The van der Waals surface area contributed by atoms with Gasteiger partial charge in [-0.2, -0.15) is 0 Å². The Morgan fingerprint density at radius 3 is 2.55 bits per heavy atom. The minimum Gasteiger partial charge on any atom is -0.378 e. The highest BCUT2D eigenvalue weighted by Gasteiger charge is 2.32. The van der Waals surface area contributed by atoms with Gasteiger partial charge in [0.2, 0.25) is 10.0 Å².